The summed E-state index contributed by atoms with van der Waals surface area (Å²) in [6, 6.07) is 0. The molecule has 0 saturated heterocycles. The Kier molecular flexibility index (Phi) is 3.66. The molecule has 6 heteroatoms. The van der Waals surface area contributed by atoms with Gasteiger partial charge in [0.05, 0.1) is 13.1 Å². The van der Waals surface area contributed by atoms with Crippen LogP contribution in [-0.4, -0.2) is 34.5 Å². The molecule has 0 radical (unpaired) electrons. The molecule has 5 nitrogen and oxygen atoms in total. The first-order valence-electron chi connectivity index (χ1n) is 3.75. The topological polar surface area (TPSA) is 74.7 Å². The van der Waals surface area contributed by atoms with E-state index in [9.17, 15) is 0 Å². The predicted molar refractivity (Wildman–Crippen MR) is 51.9 cm³/mol. The van der Waals surface area contributed by atoms with Gasteiger partial charge in [-0.1, -0.05) is 5.16 Å². The van der Waals surface area contributed by atoms with Gasteiger partial charge in [0, 0.05) is 11.6 Å². The Morgan fingerprint density at radius 2 is 2.62 bits per heavy atom. The van der Waals surface area contributed by atoms with Crippen LogP contribution in [0, 0.1) is 0 Å². The van der Waals surface area contributed by atoms with Gasteiger partial charge in [0.15, 0.2) is 5.84 Å². The fraction of sp³-hybridized carbons (Fsp3) is 0.429. The van der Waals surface area contributed by atoms with E-state index in [4.69, 9.17) is 10.9 Å². The lowest BCUT2D eigenvalue weighted by Gasteiger charge is -2.12. The molecular formula is C7H12N4OS. The molecule has 0 aliphatic rings. The fourth-order valence-electron chi connectivity index (χ4n) is 0.926. The second-order valence-electron chi connectivity index (χ2n) is 2.69. The molecule has 0 bridgehead atoms. The van der Waals surface area contributed by atoms with Crippen molar-refractivity contribution in [2.45, 2.75) is 6.54 Å². The zero-order valence-corrected chi connectivity index (χ0v) is 8.16. The highest BCUT2D eigenvalue weighted by Crippen LogP contribution is 2.05. The minimum atomic E-state index is 0.207. The zero-order chi connectivity index (χ0) is 9.68. The number of aromatic nitrogens is 1. The van der Waals surface area contributed by atoms with Crippen molar-refractivity contribution in [2.75, 3.05) is 13.6 Å². The lowest BCUT2D eigenvalue weighted by molar-refractivity contribution is 0.308. The van der Waals surface area contributed by atoms with Gasteiger partial charge in [-0.05, 0) is 7.05 Å². The van der Waals surface area contributed by atoms with Gasteiger partial charge >= 0.3 is 0 Å². The molecule has 0 aliphatic carbocycles. The van der Waals surface area contributed by atoms with Crippen LogP contribution in [0.1, 0.15) is 5.01 Å². The van der Waals surface area contributed by atoms with E-state index < -0.39 is 0 Å². The number of amidine groups is 1. The quantitative estimate of drug-likeness (QED) is 0.318. The van der Waals surface area contributed by atoms with Crippen LogP contribution >= 0.6 is 11.3 Å². The molecule has 13 heavy (non-hydrogen) atoms. The largest absolute Gasteiger partial charge is 0.409 e. The van der Waals surface area contributed by atoms with Crippen LogP contribution in [0.4, 0.5) is 0 Å². The van der Waals surface area contributed by atoms with Crippen molar-refractivity contribution >= 4 is 17.2 Å². The maximum atomic E-state index is 8.33. The van der Waals surface area contributed by atoms with Crippen molar-refractivity contribution in [1.29, 1.82) is 0 Å². The summed E-state index contributed by atoms with van der Waals surface area (Å²) in [5, 5.41) is 14.2. The molecule has 0 aliphatic heterocycles. The van der Waals surface area contributed by atoms with Crippen molar-refractivity contribution in [3.63, 3.8) is 0 Å². The van der Waals surface area contributed by atoms with Crippen LogP contribution < -0.4 is 5.73 Å². The smallest absolute Gasteiger partial charge is 0.153 e. The molecule has 0 amide bonds. The molecule has 3 N–H and O–H groups in total. The molecule has 0 atom stereocenters. The van der Waals surface area contributed by atoms with E-state index in [1.807, 2.05) is 17.3 Å². The third-order valence-electron chi connectivity index (χ3n) is 1.45. The summed E-state index contributed by atoms with van der Waals surface area (Å²) >= 11 is 1.59. The molecule has 0 saturated carbocycles. The van der Waals surface area contributed by atoms with Crippen molar-refractivity contribution in [2.24, 2.45) is 10.9 Å². The number of oxime groups is 1. The second-order valence-corrected chi connectivity index (χ2v) is 3.67. The minimum Gasteiger partial charge on any atom is -0.409 e. The average molecular weight is 200 g/mol. The van der Waals surface area contributed by atoms with Crippen LogP contribution in [-0.2, 0) is 6.54 Å². The summed E-state index contributed by atoms with van der Waals surface area (Å²) in [5.41, 5.74) is 5.34. The lowest BCUT2D eigenvalue weighted by atomic mass is 10.5. The van der Waals surface area contributed by atoms with E-state index in [0.717, 1.165) is 5.01 Å². The van der Waals surface area contributed by atoms with Gasteiger partial charge in [0.1, 0.15) is 5.01 Å². The molecule has 0 unspecified atom stereocenters. The molecule has 1 aromatic heterocycles. The summed E-state index contributed by atoms with van der Waals surface area (Å²) in [7, 11) is 1.89. The van der Waals surface area contributed by atoms with E-state index in [-0.39, 0.29) is 5.84 Å². The number of thiazole rings is 1. The summed E-state index contributed by atoms with van der Waals surface area (Å²) in [5.74, 6) is 0.207. The number of likely N-dealkylation sites (N-methyl/N-ethyl adjacent to an activating group) is 1. The molecule has 0 aromatic carbocycles. The van der Waals surface area contributed by atoms with Crippen molar-refractivity contribution in [3.05, 3.63) is 16.6 Å². The Morgan fingerprint density at radius 3 is 3.15 bits per heavy atom. The summed E-state index contributed by atoms with van der Waals surface area (Å²) in [6.07, 6.45) is 1.76. The monoisotopic (exact) mass is 200 g/mol. The highest BCUT2D eigenvalue weighted by Gasteiger charge is 2.03. The maximum Gasteiger partial charge on any atom is 0.153 e. The van der Waals surface area contributed by atoms with E-state index >= 15 is 0 Å². The van der Waals surface area contributed by atoms with Gasteiger partial charge in [0.25, 0.3) is 0 Å². The third-order valence-corrected chi connectivity index (χ3v) is 2.21. The Hall–Kier alpha value is -1.14. The summed E-state index contributed by atoms with van der Waals surface area (Å²) in [4.78, 5) is 6.05. The first-order valence-corrected chi connectivity index (χ1v) is 4.63. The Bertz CT molecular complexity index is 272. The molecule has 72 valence electrons. The van der Waals surface area contributed by atoms with Gasteiger partial charge in [-0.25, -0.2) is 4.98 Å². The Balaban J connectivity index is 2.38. The summed E-state index contributed by atoms with van der Waals surface area (Å²) in [6.45, 7) is 1.16. The number of nitrogens with zero attached hydrogens (tertiary/aromatic N) is 3. The fourth-order valence-corrected chi connectivity index (χ4v) is 1.62. The van der Waals surface area contributed by atoms with Crippen LogP contribution in [0.5, 0.6) is 0 Å². The molecule has 0 fully saturated rings. The van der Waals surface area contributed by atoms with Crippen LogP contribution in [0.25, 0.3) is 0 Å². The lowest BCUT2D eigenvalue weighted by Crippen LogP contribution is -2.30. The molecule has 0 spiro atoms. The van der Waals surface area contributed by atoms with Gasteiger partial charge < -0.3 is 10.9 Å². The molecular weight excluding hydrogens is 188 g/mol. The second kappa shape index (κ2) is 4.78. The first kappa shape index (κ1) is 9.94. The third kappa shape index (κ3) is 3.39. The SMILES string of the molecule is CN(CC(N)=NO)Cc1nccs1. The highest BCUT2D eigenvalue weighted by atomic mass is 32.1. The van der Waals surface area contributed by atoms with E-state index in [2.05, 4.69) is 10.1 Å². The van der Waals surface area contributed by atoms with Crippen molar-refractivity contribution in [3.8, 4) is 0 Å². The van der Waals surface area contributed by atoms with Crippen molar-refractivity contribution < 1.29 is 5.21 Å². The van der Waals surface area contributed by atoms with E-state index in [1.165, 1.54) is 0 Å². The molecule has 1 aromatic rings. The van der Waals surface area contributed by atoms with Crippen LogP contribution in [0.15, 0.2) is 16.7 Å². The van der Waals surface area contributed by atoms with E-state index in [1.54, 1.807) is 17.5 Å². The average Bonchev–Trinajstić information content (AvgIpc) is 2.56. The molecule has 1 heterocycles. The predicted octanol–water partition coefficient (Wildman–Crippen LogP) is 0.321. The maximum absolute atomic E-state index is 8.33. The number of hydrogen-bond acceptors (Lipinski definition) is 5. The standard InChI is InChI=1S/C7H12N4OS/c1-11(4-6(8)10-12)5-7-9-2-3-13-7/h2-3,12H,4-5H2,1H3,(H2,8,10). The number of nitrogens with two attached hydrogens (primary N) is 1. The van der Waals surface area contributed by atoms with Gasteiger partial charge in [0.2, 0.25) is 0 Å². The first-order chi connectivity index (χ1) is 6.22. The molecule has 1 rings (SSSR count). The van der Waals surface area contributed by atoms with Crippen LogP contribution in [0.3, 0.4) is 0 Å². The van der Waals surface area contributed by atoms with Gasteiger partial charge in [-0.3, -0.25) is 4.90 Å². The van der Waals surface area contributed by atoms with E-state index in [0.29, 0.717) is 13.1 Å². The van der Waals surface area contributed by atoms with Crippen molar-refractivity contribution in [1.82, 2.24) is 9.88 Å². The Morgan fingerprint density at radius 1 is 1.85 bits per heavy atom. The zero-order valence-electron chi connectivity index (χ0n) is 7.34. The van der Waals surface area contributed by atoms with Crippen LogP contribution in [0.2, 0.25) is 0 Å². The number of hydrogen-bond donors (Lipinski definition) is 2. The Labute approximate surface area is 80.5 Å². The van der Waals surface area contributed by atoms with Gasteiger partial charge in [-0.2, -0.15) is 0 Å². The van der Waals surface area contributed by atoms with Gasteiger partial charge in [-0.15, -0.1) is 11.3 Å². The minimum absolute atomic E-state index is 0.207. The number of rotatable bonds is 4. The normalized spacial score (nSPS) is 12.3. The highest BCUT2D eigenvalue weighted by molar-refractivity contribution is 7.09. The summed E-state index contributed by atoms with van der Waals surface area (Å²) < 4.78 is 0.